The van der Waals surface area contributed by atoms with E-state index in [9.17, 15) is 0 Å². The van der Waals surface area contributed by atoms with E-state index in [0.29, 0.717) is 5.25 Å². The van der Waals surface area contributed by atoms with E-state index >= 15 is 0 Å². The lowest BCUT2D eigenvalue weighted by Crippen LogP contribution is -2.48. The number of piperazine rings is 1. The molecule has 1 atom stereocenters. The molecular weight excluding hydrogens is 432 g/mol. The minimum atomic E-state index is -0.00753. The van der Waals surface area contributed by atoms with Crippen LogP contribution in [-0.2, 0) is 4.08 Å². The number of rotatable bonds is 6. The summed E-state index contributed by atoms with van der Waals surface area (Å²) in [6.45, 7) is 5.45. The minimum absolute atomic E-state index is 0.00753. The van der Waals surface area contributed by atoms with E-state index in [0.717, 1.165) is 38.5 Å². The lowest BCUT2D eigenvalue weighted by Gasteiger charge is -2.37. The Bertz CT molecular complexity index is 967. The Morgan fingerprint density at radius 1 is 0.812 bits per heavy atom. The molecule has 5 heteroatoms. The third kappa shape index (κ3) is 4.39. The fourth-order valence-electron chi connectivity index (χ4n) is 4.74. The van der Waals surface area contributed by atoms with Gasteiger partial charge in [0.2, 0.25) is 0 Å². The molecule has 0 radical (unpaired) electrons. The Morgan fingerprint density at radius 2 is 1.41 bits per heavy atom. The predicted molar refractivity (Wildman–Crippen MR) is 139 cm³/mol. The van der Waals surface area contributed by atoms with Gasteiger partial charge in [0.25, 0.3) is 0 Å². The zero-order chi connectivity index (χ0) is 21.8. The number of thioether (sulfide) groups is 2. The molecule has 32 heavy (non-hydrogen) atoms. The molecule has 2 aliphatic rings. The summed E-state index contributed by atoms with van der Waals surface area (Å²) in [6.07, 6.45) is 0. The molecule has 0 aromatic heterocycles. The maximum Gasteiger partial charge on any atom is 0.142 e. The topological polar surface area (TPSA) is 15.7 Å². The van der Waals surface area contributed by atoms with Gasteiger partial charge >= 0.3 is 0 Å². The van der Waals surface area contributed by atoms with Crippen LogP contribution >= 0.6 is 23.5 Å². The zero-order valence-electron chi connectivity index (χ0n) is 18.5. The van der Waals surface area contributed by atoms with E-state index in [1.54, 1.807) is 7.11 Å². The summed E-state index contributed by atoms with van der Waals surface area (Å²) in [4.78, 5) is 5.11. The summed E-state index contributed by atoms with van der Waals surface area (Å²) < 4.78 is 5.57. The van der Waals surface area contributed by atoms with Crippen LogP contribution in [0.5, 0.6) is 5.75 Å². The van der Waals surface area contributed by atoms with Gasteiger partial charge in [-0.3, -0.25) is 4.90 Å². The first kappa shape index (κ1) is 21.7. The van der Waals surface area contributed by atoms with Gasteiger partial charge in [-0.2, -0.15) is 0 Å². The van der Waals surface area contributed by atoms with Crippen molar-refractivity contribution in [3.8, 4) is 5.75 Å². The van der Waals surface area contributed by atoms with Crippen molar-refractivity contribution in [1.29, 1.82) is 0 Å². The van der Waals surface area contributed by atoms with E-state index in [2.05, 4.69) is 112 Å². The fraction of sp³-hybridized carbons (Fsp3) is 0.333. The molecule has 2 aliphatic heterocycles. The Hall–Kier alpha value is -2.08. The van der Waals surface area contributed by atoms with Gasteiger partial charge < -0.3 is 9.64 Å². The van der Waals surface area contributed by atoms with Crippen LogP contribution in [0.1, 0.15) is 11.1 Å². The summed E-state index contributed by atoms with van der Waals surface area (Å²) in [6, 6.07) is 30.5. The monoisotopic (exact) mass is 462 g/mol. The molecule has 0 saturated carbocycles. The first-order chi connectivity index (χ1) is 15.8. The van der Waals surface area contributed by atoms with Crippen molar-refractivity contribution in [2.24, 2.45) is 0 Å². The number of hydrogen-bond donors (Lipinski definition) is 0. The molecule has 0 spiro atoms. The number of ether oxygens (including phenoxy) is 1. The summed E-state index contributed by atoms with van der Waals surface area (Å²) in [5.74, 6) is 2.15. The smallest absolute Gasteiger partial charge is 0.142 e. The van der Waals surface area contributed by atoms with E-state index in [1.165, 1.54) is 22.6 Å². The average molecular weight is 463 g/mol. The van der Waals surface area contributed by atoms with Crippen molar-refractivity contribution in [2.75, 3.05) is 50.5 Å². The van der Waals surface area contributed by atoms with Gasteiger partial charge in [0.05, 0.1) is 12.8 Å². The maximum absolute atomic E-state index is 5.58. The van der Waals surface area contributed by atoms with Gasteiger partial charge in [-0.15, -0.1) is 23.5 Å². The fourth-order valence-corrected chi connectivity index (χ4v) is 8.53. The van der Waals surface area contributed by atoms with E-state index in [4.69, 9.17) is 4.74 Å². The third-order valence-corrected chi connectivity index (χ3v) is 10.1. The van der Waals surface area contributed by atoms with Crippen molar-refractivity contribution in [3.05, 3.63) is 96.1 Å². The standard InChI is InChI=1S/C27H30N2OS2/c1-30-26-15-9-8-14-25(26)29-18-16-28(17-19-29)20-24-21-31-27(32-24,22-10-4-2-5-11-22)23-12-6-3-7-13-23/h2-15,24H,16-21H2,1H3. The van der Waals surface area contributed by atoms with E-state index < -0.39 is 0 Å². The molecule has 2 heterocycles. The first-order valence-corrected chi connectivity index (χ1v) is 13.2. The molecule has 2 fully saturated rings. The van der Waals surface area contributed by atoms with E-state index in [1.807, 2.05) is 6.07 Å². The second-order valence-electron chi connectivity index (χ2n) is 8.36. The van der Waals surface area contributed by atoms with Gasteiger partial charge in [-0.05, 0) is 23.3 Å². The predicted octanol–water partition coefficient (Wildman–Crippen LogP) is 5.57. The number of anilines is 1. The number of benzene rings is 3. The highest BCUT2D eigenvalue weighted by Crippen LogP contribution is 2.59. The Labute approximate surface area is 200 Å². The number of methoxy groups -OCH3 is 1. The second-order valence-corrected chi connectivity index (χ2v) is 11.4. The van der Waals surface area contributed by atoms with Crippen molar-refractivity contribution >= 4 is 29.2 Å². The number of nitrogens with zero attached hydrogens (tertiary/aromatic N) is 2. The van der Waals surface area contributed by atoms with Crippen molar-refractivity contribution in [2.45, 2.75) is 9.33 Å². The van der Waals surface area contributed by atoms with Gasteiger partial charge in [0.15, 0.2) is 0 Å². The number of para-hydroxylation sites is 2. The first-order valence-electron chi connectivity index (χ1n) is 11.3. The minimum Gasteiger partial charge on any atom is -0.495 e. The highest BCUT2D eigenvalue weighted by Gasteiger charge is 2.44. The highest BCUT2D eigenvalue weighted by molar-refractivity contribution is 8.21. The molecule has 1 unspecified atom stereocenters. The van der Waals surface area contributed by atoms with Crippen molar-refractivity contribution in [3.63, 3.8) is 0 Å². The van der Waals surface area contributed by atoms with Gasteiger partial charge in [-0.1, -0.05) is 72.8 Å². The quantitative estimate of drug-likeness (QED) is 0.475. The molecule has 3 aromatic carbocycles. The van der Waals surface area contributed by atoms with Crippen LogP contribution in [0.3, 0.4) is 0 Å². The summed E-state index contributed by atoms with van der Waals surface area (Å²) in [7, 11) is 1.76. The molecule has 3 aromatic rings. The van der Waals surface area contributed by atoms with Gasteiger partial charge in [0, 0.05) is 43.7 Å². The largest absolute Gasteiger partial charge is 0.495 e. The molecule has 3 nitrogen and oxygen atoms in total. The van der Waals surface area contributed by atoms with Crippen LogP contribution in [0.25, 0.3) is 0 Å². The molecule has 0 amide bonds. The third-order valence-electron chi connectivity index (χ3n) is 6.37. The molecular formula is C27H30N2OS2. The average Bonchev–Trinajstić information content (AvgIpc) is 3.30. The van der Waals surface area contributed by atoms with Crippen molar-refractivity contribution < 1.29 is 4.74 Å². The van der Waals surface area contributed by atoms with Crippen LogP contribution < -0.4 is 9.64 Å². The van der Waals surface area contributed by atoms with Crippen LogP contribution in [-0.4, -0.2) is 55.7 Å². The van der Waals surface area contributed by atoms with Gasteiger partial charge in [-0.25, -0.2) is 0 Å². The SMILES string of the molecule is COc1ccccc1N1CCN(CC2CSC(c3ccccc3)(c3ccccc3)S2)CC1. The second kappa shape index (κ2) is 9.82. The summed E-state index contributed by atoms with van der Waals surface area (Å²) in [5.41, 5.74) is 4.03. The molecule has 166 valence electrons. The Kier molecular flexibility index (Phi) is 6.67. The van der Waals surface area contributed by atoms with Crippen LogP contribution in [0.2, 0.25) is 0 Å². The van der Waals surface area contributed by atoms with Gasteiger partial charge in [0.1, 0.15) is 9.83 Å². The summed E-state index contributed by atoms with van der Waals surface area (Å²) >= 11 is 4.25. The van der Waals surface area contributed by atoms with Crippen LogP contribution in [0.15, 0.2) is 84.9 Å². The number of hydrogen-bond acceptors (Lipinski definition) is 5. The molecule has 0 aliphatic carbocycles. The van der Waals surface area contributed by atoms with E-state index in [-0.39, 0.29) is 4.08 Å². The maximum atomic E-state index is 5.58. The highest BCUT2D eigenvalue weighted by atomic mass is 32.2. The lowest BCUT2D eigenvalue weighted by molar-refractivity contribution is 0.261. The Morgan fingerprint density at radius 3 is 2.03 bits per heavy atom. The van der Waals surface area contributed by atoms with Crippen LogP contribution in [0.4, 0.5) is 5.69 Å². The Balaban J connectivity index is 1.26. The summed E-state index contributed by atoms with van der Waals surface area (Å²) in [5, 5.41) is 0.623. The van der Waals surface area contributed by atoms with Crippen LogP contribution in [0, 0.1) is 0 Å². The van der Waals surface area contributed by atoms with Crippen molar-refractivity contribution in [1.82, 2.24) is 4.90 Å². The zero-order valence-corrected chi connectivity index (χ0v) is 20.2. The lowest BCUT2D eigenvalue weighted by atomic mass is 10.0. The molecule has 2 saturated heterocycles. The molecule has 0 N–H and O–H groups in total. The normalized spacial score (nSPS) is 20.9. The molecule has 0 bridgehead atoms. The molecule has 5 rings (SSSR count).